The van der Waals surface area contributed by atoms with Gasteiger partial charge in [-0.05, 0) is 31.7 Å². The van der Waals surface area contributed by atoms with Gasteiger partial charge in [0.05, 0.1) is 12.6 Å². The van der Waals surface area contributed by atoms with Crippen molar-refractivity contribution < 1.29 is 23.9 Å². The molecule has 0 spiro atoms. The lowest BCUT2D eigenvalue weighted by Gasteiger charge is -2.25. The zero-order chi connectivity index (χ0) is 18.4. The monoisotopic (exact) mass is 345 g/mol. The molecule has 2 atom stereocenters. The van der Waals surface area contributed by atoms with Crippen LogP contribution >= 0.6 is 0 Å². The maximum Gasteiger partial charge on any atom is 0.246 e. The fraction of sp³-hybridized carbons (Fsp3) is 0.812. The fourth-order valence-electron chi connectivity index (χ4n) is 2.06. The van der Waals surface area contributed by atoms with Gasteiger partial charge in [0, 0.05) is 7.11 Å². The van der Waals surface area contributed by atoms with E-state index in [2.05, 4.69) is 10.6 Å². The van der Waals surface area contributed by atoms with Gasteiger partial charge in [0.1, 0.15) is 25.5 Å². The van der Waals surface area contributed by atoms with E-state index in [0.717, 1.165) is 12.8 Å². The van der Waals surface area contributed by atoms with E-state index in [-0.39, 0.29) is 31.1 Å². The molecule has 0 aromatic rings. The molecule has 0 aromatic heterocycles. The van der Waals surface area contributed by atoms with Crippen LogP contribution in [0.5, 0.6) is 0 Å². The molecule has 0 saturated heterocycles. The number of rotatable bonds is 14. The van der Waals surface area contributed by atoms with Gasteiger partial charge in [-0.2, -0.15) is 0 Å². The van der Waals surface area contributed by atoms with E-state index in [1.165, 1.54) is 0 Å². The van der Waals surface area contributed by atoms with Gasteiger partial charge in [-0.1, -0.05) is 13.8 Å². The first kappa shape index (κ1) is 22.5. The van der Waals surface area contributed by atoms with E-state index in [4.69, 9.17) is 15.2 Å². The Morgan fingerprint density at radius 3 is 2.46 bits per heavy atom. The lowest BCUT2D eigenvalue weighted by Crippen LogP contribution is -2.52. The van der Waals surface area contributed by atoms with Gasteiger partial charge in [-0.15, -0.1) is 0 Å². The van der Waals surface area contributed by atoms with Gasteiger partial charge in [0.15, 0.2) is 0 Å². The molecule has 8 heteroatoms. The number of hydrogen-bond donors (Lipinski definition) is 3. The summed E-state index contributed by atoms with van der Waals surface area (Å²) in [6.45, 7) is 4.49. The Morgan fingerprint density at radius 1 is 1.21 bits per heavy atom. The maximum atomic E-state index is 12.5. The zero-order valence-corrected chi connectivity index (χ0v) is 14.9. The first-order valence-corrected chi connectivity index (χ1v) is 8.26. The molecule has 0 fully saturated rings. The van der Waals surface area contributed by atoms with E-state index >= 15 is 0 Å². The molecule has 0 radical (unpaired) electrons. The van der Waals surface area contributed by atoms with Crippen LogP contribution in [0, 0.1) is 5.92 Å². The third kappa shape index (κ3) is 10.3. The standard InChI is InChI=1S/C16H31N3O5/c1-12(2)14(10-23-3)19-16(22)13(6-4-5-7-17)18-15(21)11-24-9-8-20/h8,12-14H,4-7,9-11,17H2,1-3H3,(H,18,21)(H,19,22). The summed E-state index contributed by atoms with van der Waals surface area (Å²) in [4.78, 5) is 34.5. The third-order valence-corrected chi connectivity index (χ3v) is 3.50. The average molecular weight is 345 g/mol. The Balaban J connectivity index is 4.67. The van der Waals surface area contributed by atoms with Crippen LogP contribution < -0.4 is 16.4 Å². The molecule has 0 aliphatic heterocycles. The number of hydrogen-bond acceptors (Lipinski definition) is 6. The molecule has 0 aliphatic carbocycles. The predicted molar refractivity (Wildman–Crippen MR) is 90.4 cm³/mol. The van der Waals surface area contributed by atoms with Gasteiger partial charge in [0.2, 0.25) is 11.8 Å². The number of carbonyl (C=O) groups is 3. The minimum Gasteiger partial charge on any atom is -0.383 e. The molecular weight excluding hydrogens is 314 g/mol. The largest absolute Gasteiger partial charge is 0.383 e. The summed E-state index contributed by atoms with van der Waals surface area (Å²) in [5.41, 5.74) is 5.48. The fourth-order valence-corrected chi connectivity index (χ4v) is 2.06. The number of unbranched alkanes of at least 4 members (excludes halogenated alkanes) is 1. The van der Waals surface area contributed by atoms with Gasteiger partial charge in [-0.3, -0.25) is 9.59 Å². The van der Waals surface area contributed by atoms with Crippen molar-refractivity contribution >= 4 is 18.1 Å². The van der Waals surface area contributed by atoms with Gasteiger partial charge >= 0.3 is 0 Å². The van der Waals surface area contributed by atoms with Crippen molar-refractivity contribution in [2.75, 3.05) is 33.5 Å². The minimum absolute atomic E-state index is 0.136. The number of amides is 2. The molecule has 2 amide bonds. The quantitative estimate of drug-likeness (QED) is 0.291. The number of carbonyl (C=O) groups excluding carboxylic acids is 3. The predicted octanol–water partition coefficient (Wildman–Crippen LogP) is -0.397. The van der Waals surface area contributed by atoms with Crippen LogP contribution in [0.2, 0.25) is 0 Å². The van der Waals surface area contributed by atoms with Crippen molar-refractivity contribution in [3.8, 4) is 0 Å². The van der Waals surface area contributed by atoms with Crippen LogP contribution in [0.25, 0.3) is 0 Å². The van der Waals surface area contributed by atoms with Crippen LogP contribution in [0.1, 0.15) is 33.1 Å². The molecule has 8 nitrogen and oxygen atoms in total. The minimum atomic E-state index is -0.665. The number of aldehydes is 1. The molecule has 2 unspecified atom stereocenters. The van der Waals surface area contributed by atoms with Gasteiger partial charge in [-0.25, -0.2) is 0 Å². The lowest BCUT2D eigenvalue weighted by atomic mass is 10.0. The number of methoxy groups -OCH3 is 1. The first-order chi connectivity index (χ1) is 11.5. The first-order valence-electron chi connectivity index (χ1n) is 8.26. The van der Waals surface area contributed by atoms with Crippen molar-refractivity contribution in [3.05, 3.63) is 0 Å². The van der Waals surface area contributed by atoms with Crippen LogP contribution in [0.15, 0.2) is 0 Å². The van der Waals surface area contributed by atoms with Crippen molar-refractivity contribution in [1.82, 2.24) is 10.6 Å². The van der Waals surface area contributed by atoms with E-state index in [1.807, 2.05) is 13.8 Å². The summed E-state index contributed by atoms with van der Waals surface area (Å²) < 4.78 is 9.98. The molecule has 140 valence electrons. The summed E-state index contributed by atoms with van der Waals surface area (Å²) in [7, 11) is 1.58. The highest BCUT2D eigenvalue weighted by Crippen LogP contribution is 2.06. The number of ether oxygens (including phenoxy) is 2. The van der Waals surface area contributed by atoms with Crippen molar-refractivity contribution in [1.29, 1.82) is 0 Å². The molecule has 0 rings (SSSR count). The number of nitrogens with one attached hydrogen (secondary N) is 2. The smallest absolute Gasteiger partial charge is 0.246 e. The SMILES string of the molecule is COCC(NC(=O)C(CCCCN)NC(=O)COCC=O)C(C)C. The van der Waals surface area contributed by atoms with E-state index in [1.54, 1.807) is 7.11 Å². The van der Waals surface area contributed by atoms with Crippen molar-refractivity contribution in [2.45, 2.75) is 45.2 Å². The highest BCUT2D eigenvalue weighted by Gasteiger charge is 2.24. The van der Waals surface area contributed by atoms with Gasteiger partial charge in [0.25, 0.3) is 0 Å². The topological polar surface area (TPSA) is 120 Å². The lowest BCUT2D eigenvalue weighted by molar-refractivity contribution is -0.133. The van der Waals surface area contributed by atoms with Crippen molar-refractivity contribution in [2.24, 2.45) is 11.7 Å². The molecule has 0 aromatic carbocycles. The molecule has 0 heterocycles. The normalized spacial score (nSPS) is 13.4. The average Bonchev–Trinajstić information content (AvgIpc) is 2.53. The second-order valence-corrected chi connectivity index (χ2v) is 5.90. The molecule has 4 N–H and O–H groups in total. The Hall–Kier alpha value is -1.51. The number of nitrogens with two attached hydrogens (primary N) is 1. The van der Waals surface area contributed by atoms with E-state index in [9.17, 15) is 14.4 Å². The van der Waals surface area contributed by atoms with Crippen LogP contribution in [0.3, 0.4) is 0 Å². The van der Waals surface area contributed by atoms with Crippen LogP contribution in [0.4, 0.5) is 0 Å². The molecule has 0 saturated carbocycles. The Labute approximate surface area is 143 Å². The highest BCUT2D eigenvalue weighted by atomic mass is 16.5. The molecule has 0 bridgehead atoms. The Bertz CT molecular complexity index is 377. The Kier molecular flexibility index (Phi) is 13.0. The van der Waals surface area contributed by atoms with Gasteiger partial charge < -0.3 is 30.6 Å². The van der Waals surface area contributed by atoms with E-state index in [0.29, 0.717) is 25.9 Å². The molecule has 24 heavy (non-hydrogen) atoms. The second kappa shape index (κ2) is 13.9. The maximum absolute atomic E-state index is 12.5. The van der Waals surface area contributed by atoms with E-state index < -0.39 is 11.9 Å². The third-order valence-electron chi connectivity index (χ3n) is 3.50. The second-order valence-electron chi connectivity index (χ2n) is 5.90. The van der Waals surface area contributed by atoms with Crippen molar-refractivity contribution in [3.63, 3.8) is 0 Å². The van der Waals surface area contributed by atoms with Crippen LogP contribution in [-0.2, 0) is 23.9 Å². The molecule has 0 aliphatic rings. The summed E-state index contributed by atoms with van der Waals surface area (Å²) in [5.74, 6) is -0.491. The highest BCUT2D eigenvalue weighted by molar-refractivity contribution is 5.88. The summed E-state index contributed by atoms with van der Waals surface area (Å²) in [5, 5.41) is 5.56. The summed E-state index contributed by atoms with van der Waals surface area (Å²) in [6.07, 6.45) is 2.55. The van der Waals surface area contributed by atoms with Crippen LogP contribution in [-0.4, -0.2) is 63.7 Å². The molecular formula is C16H31N3O5. The summed E-state index contributed by atoms with van der Waals surface area (Å²) in [6, 6.07) is -0.801. The zero-order valence-electron chi connectivity index (χ0n) is 14.9. The summed E-state index contributed by atoms with van der Waals surface area (Å²) >= 11 is 0. The Morgan fingerprint density at radius 2 is 1.92 bits per heavy atom.